The fraction of sp³-hybridized carbons (Fsp3) is 0.571. The molecule has 0 bridgehead atoms. The summed E-state index contributed by atoms with van der Waals surface area (Å²) in [6.07, 6.45) is 9.52. The fourth-order valence-corrected chi connectivity index (χ4v) is 8.09. The summed E-state index contributed by atoms with van der Waals surface area (Å²) in [6.45, 7) is 5.57. The van der Waals surface area contributed by atoms with Crippen molar-refractivity contribution in [1.29, 1.82) is 0 Å². The third-order valence-corrected chi connectivity index (χ3v) is 11.4. The van der Waals surface area contributed by atoms with Crippen LogP contribution < -0.4 is 25.4 Å². The van der Waals surface area contributed by atoms with Crippen molar-refractivity contribution in [3.05, 3.63) is 48.7 Å². The lowest BCUT2D eigenvalue weighted by Crippen LogP contribution is -2.59. The molecular formula is C35H46N6O7S. The van der Waals surface area contributed by atoms with Crippen molar-refractivity contribution >= 4 is 44.5 Å². The largest absolute Gasteiger partial charge is 0.472 e. The Morgan fingerprint density at radius 3 is 2.59 bits per heavy atom. The van der Waals surface area contributed by atoms with E-state index in [2.05, 4.69) is 25.7 Å². The summed E-state index contributed by atoms with van der Waals surface area (Å²) in [5, 5.41) is 9.67. The molecule has 2 saturated carbocycles. The zero-order valence-corrected chi connectivity index (χ0v) is 29.1. The third-order valence-electron chi connectivity index (χ3n) is 9.55. The van der Waals surface area contributed by atoms with Crippen LogP contribution in [0.4, 0.5) is 4.79 Å². The van der Waals surface area contributed by atoms with Gasteiger partial charge in [0, 0.05) is 29.5 Å². The Morgan fingerprint density at radius 1 is 1.06 bits per heavy atom. The number of hydrogen-bond donors (Lipinski definition) is 4. The van der Waals surface area contributed by atoms with Crippen LogP contribution in [0.5, 0.6) is 5.88 Å². The van der Waals surface area contributed by atoms with Crippen molar-refractivity contribution in [2.75, 3.05) is 6.54 Å². The fourth-order valence-electron chi connectivity index (χ4n) is 6.73. The van der Waals surface area contributed by atoms with Gasteiger partial charge in [0.15, 0.2) is 0 Å². The number of nitrogens with zero attached hydrogens (tertiary/aromatic N) is 2. The summed E-state index contributed by atoms with van der Waals surface area (Å²) in [6, 6.07) is 7.01. The highest BCUT2D eigenvalue weighted by Crippen LogP contribution is 2.46. The number of rotatable bonds is 6. The molecule has 13 nitrogen and oxygen atoms in total. The van der Waals surface area contributed by atoms with E-state index in [0.717, 1.165) is 30.0 Å². The number of hydrogen-bond acceptors (Lipinski definition) is 8. The Hall–Kier alpha value is -4.20. The van der Waals surface area contributed by atoms with Gasteiger partial charge in [-0.3, -0.25) is 19.1 Å². The zero-order valence-electron chi connectivity index (χ0n) is 28.2. The van der Waals surface area contributed by atoms with Gasteiger partial charge in [0.25, 0.3) is 5.91 Å². The molecule has 2 aliphatic carbocycles. The highest BCUT2D eigenvalue weighted by Gasteiger charge is 2.62. The Bertz CT molecular complexity index is 1750. The molecule has 2 aromatic rings. The van der Waals surface area contributed by atoms with E-state index in [4.69, 9.17) is 4.74 Å². The van der Waals surface area contributed by atoms with Gasteiger partial charge in [0.05, 0.1) is 11.8 Å². The molecule has 4 aliphatic rings. The normalized spacial score (nSPS) is 28.6. The number of amides is 5. The molecule has 0 radical (unpaired) electrons. The van der Waals surface area contributed by atoms with Crippen LogP contribution in [-0.2, 0) is 24.4 Å². The number of nitrogens with one attached hydrogen (secondary N) is 4. The lowest BCUT2D eigenvalue weighted by Gasteiger charge is -2.30. The van der Waals surface area contributed by atoms with E-state index in [-0.39, 0.29) is 19.4 Å². The van der Waals surface area contributed by atoms with Crippen LogP contribution in [0.25, 0.3) is 10.8 Å². The number of sulfonamides is 1. The third kappa shape index (κ3) is 8.00. The molecule has 264 valence electrons. The highest BCUT2D eigenvalue weighted by atomic mass is 32.2. The van der Waals surface area contributed by atoms with E-state index >= 15 is 0 Å². The first-order chi connectivity index (χ1) is 23.3. The van der Waals surface area contributed by atoms with E-state index in [1.807, 2.05) is 63.3 Å². The Kier molecular flexibility index (Phi) is 9.62. The Labute approximate surface area is 287 Å². The Balaban J connectivity index is 1.30. The SMILES string of the molecule is CC(C)(C)NC(=O)N[C@H]1CCCCC/C=C\[C@@H]2C[C@@]2(C(=O)NS(=O)(=O)C2CC2)NC(=O)[C@@H]2C[C@@H](Oc3nccc4ccccc34)CN2C1=O. The first-order valence-corrected chi connectivity index (χ1v) is 18.7. The minimum atomic E-state index is -3.86. The van der Waals surface area contributed by atoms with Crippen molar-refractivity contribution in [2.45, 2.75) is 113 Å². The van der Waals surface area contributed by atoms with Gasteiger partial charge in [-0.25, -0.2) is 18.2 Å². The molecule has 3 fully saturated rings. The summed E-state index contributed by atoms with van der Waals surface area (Å²) in [4.78, 5) is 61.1. The molecule has 6 rings (SSSR count). The minimum Gasteiger partial charge on any atom is -0.472 e. The second-order valence-corrected chi connectivity index (χ2v) is 16.7. The molecule has 1 aromatic carbocycles. The molecule has 5 amide bonds. The summed E-state index contributed by atoms with van der Waals surface area (Å²) >= 11 is 0. The van der Waals surface area contributed by atoms with Gasteiger partial charge >= 0.3 is 6.03 Å². The molecule has 2 aliphatic heterocycles. The van der Waals surface area contributed by atoms with Crippen molar-refractivity contribution in [3.8, 4) is 5.88 Å². The number of allylic oxidation sites excluding steroid dienone is 1. The standard InChI is InChI=1S/C35H46N6O7S/c1-34(2,3)39-33(45)37-27-14-8-6-4-5-7-12-23-20-35(23,32(44)40-49(46,47)25-15-16-25)38-29(42)28-19-24(21-41(28)31(27)43)48-30-26-13-10-9-11-22(26)17-18-36-30/h7,9-13,17-18,23-25,27-28H,4-6,8,14-16,19-21H2,1-3H3,(H,38,42)(H,40,44)(H2,37,39,45)/b12-7-/t23-,24-,27+,28+,35-/m1/s1. The summed E-state index contributed by atoms with van der Waals surface area (Å²) in [5.74, 6) is -1.83. The maximum absolute atomic E-state index is 14.4. The molecule has 5 atom stereocenters. The van der Waals surface area contributed by atoms with Gasteiger partial charge in [-0.15, -0.1) is 0 Å². The molecule has 1 aromatic heterocycles. The van der Waals surface area contributed by atoms with Crippen molar-refractivity contribution in [2.24, 2.45) is 5.92 Å². The van der Waals surface area contributed by atoms with Crippen LogP contribution in [0.1, 0.15) is 78.6 Å². The molecular weight excluding hydrogens is 648 g/mol. The first kappa shape index (κ1) is 34.7. The minimum absolute atomic E-state index is 0.0411. The van der Waals surface area contributed by atoms with Gasteiger partial charge in [0.1, 0.15) is 23.7 Å². The maximum Gasteiger partial charge on any atom is 0.315 e. The summed E-state index contributed by atoms with van der Waals surface area (Å²) in [5.41, 5.74) is -2.01. The van der Waals surface area contributed by atoms with E-state index in [1.165, 1.54) is 4.90 Å². The molecule has 4 N–H and O–H groups in total. The zero-order chi connectivity index (χ0) is 35.0. The topological polar surface area (TPSA) is 176 Å². The van der Waals surface area contributed by atoms with Crippen molar-refractivity contribution < 1.29 is 32.3 Å². The van der Waals surface area contributed by atoms with Crippen LogP contribution in [-0.4, -0.2) is 83.1 Å². The predicted molar refractivity (Wildman–Crippen MR) is 183 cm³/mol. The van der Waals surface area contributed by atoms with Crippen LogP contribution in [0.15, 0.2) is 48.7 Å². The summed E-state index contributed by atoms with van der Waals surface area (Å²) < 4.78 is 34.1. The maximum atomic E-state index is 14.4. The van der Waals surface area contributed by atoms with E-state index < -0.39 is 74.2 Å². The number of carbonyl (C=O) groups excluding carboxylic acids is 4. The number of ether oxygens (including phenoxy) is 1. The second kappa shape index (κ2) is 13.6. The van der Waals surface area contributed by atoms with Crippen LogP contribution in [0.2, 0.25) is 0 Å². The second-order valence-electron chi connectivity index (χ2n) is 14.7. The number of carbonyl (C=O) groups is 4. The van der Waals surface area contributed by atoms with Gasteiger partial charge < -0.3 is 25.6 Å². The van der Waals surface area contributed by atoms with E-state index in [9.17, 15) is 27.6 Å². The van der Waals surface area contributed by atoms with Crippen molar-refractivity contribution in [3.63, 3.8) is 0 Å². The van der Waals surface area contributed by atoms with Gasteiger partial charge in [-0.05, 0) is 76.8 Å². The lowest BCUT2D eigenvalue weighted by molar-refractivity contribution is -0.141. The molecule has 3 heterocycles. The number of aromatic nitrogens is 1. The molecule has 14 heteroatoms. The summed E-state index contributed by atoms with van der Waals surface area (Å²) in [7, 11) is -3.86. The quantitative estimate of drug-likeness (QED) is 0.334. The van der Waals surface area contributed by atoms with E-state index in [1.54, 1.807) is 6.20 Å². The lowest BCUT2D eigenvalue weighted by atomic mass is 10.0. The average molecular weight is 695 g/mol. The number of fused-ring (bicyclic) bond motifs is 3. The highest BCUT2D eigenvalue weighted by molar-refractivity contribution is 7.91. The number of pyridine rings is 1. The molecule has 0 unspecified atom stereocenters. The molecule has 49 heavy (non-hydrogen) atoms. The smallest absolute Gasteiger partial charge is 0.315 e. The van der Waals surface area contributed by atoms with Crippen LogP contribution in [0.3, 0.4) is 0 Å². The molecule has 0 spiro atoms. The van der Waals surface area contributed by atoms with Crippen LogP contribution in [0, 0.1) is 5.92 Å². The first-order valence-electron chi connectivity index (χ1n) is 17.2. The van der Waals surface area contributed by atoms with Crippen LogP contribution >= 0.6 is 0 Å². The van der Waals surface area contributed by atoms with Gasteiger partial charge in [-0.1, -0.05) is 43.2 Å². The van der Waals surface area contributed by atoms with Crippen molar-refractivity contribution in [1.82, 2.24) is 30.6 Å². The van der Waals surface area contributed by atoms with E-state index in [0.29, 0.717) is 31.6 Å². The number of urea groups is 1. The number of benzene rings is 1. The Morgan fingerprint density at radius 2 is 1.84 bits per heavy atom. The average Bonchev–Trinajstić information content (AvgIpc) is 3.96. The predicted octanol–water partition coefficient (Wildman–Crippen LogP) is 3.05. The molecule has 1 saturated heterocycles. The van der Waals surface area contributed by atoms with Gasteiger partial charge in [-0.2, -0.15) is 0 Å². The van der Waals surface area contributed by atoms with Gasteiger partial charge in [0.2, 0.25) is 27.7 Å². The monoisotopic (exact) mass is 694 g/mol.